The molecule has 0 amide bonds. The number of anilines is 1. The number of hydrogen-bond acceptors (Lipinski definition) is 5. The Labute approximate surface area is 226 Å². The highest BCUT2D eigenvalue weighted by Gasteiger charge is 2.13. The van der Waals surface area contributed by atoms with Crippen LogP contribution in [-0.2, 0) is 11.2 Å². The molecule has 1 aliphatic carbocycles. The van der Waals surface area contributed by atoms with Crippen LogP contribution in [0.1, 0.15) is 89.5 Å². The summed E-state index contributed by atoms with van der Waals surface area (Å²) in [6.07, 6.45) is 24.7. The number of carbonyl (C=O) groups excluding carboxylic acids is 1. The van der Waals surface area contributed by atoms with E-state index in [9.17, 15) is 4.79 Å². The molecule has 0 bridgehead atoms. The van der Waals surface area contributed by atoms with Crippen molar-refractivity contribution in [2.75, 3.05) is 32.0 Å². The lowest BCUT2D eigenvalue weighted by Crippen LogP contribution is -2.27. The smallest absolute Gasteiger partial charge is 0.120 e. The lowest BCUT2D eigenvalue weighted by Gasteiger charge is -2.20. The predicted octanol–water partition coefficient (Wildman–Crippen LogP) is 6.94. The number of nitrogens with zero attached hydrogens (tertiary/aromatic N) is 2. The third-order valence-electron chi connectivity index (χ3n) is 7.55. The van der Waals surface area contributed by atoms with Crippen LogP contribution >= 0.6 is 0 Å². The monoisotopic (exact) mass is 508 g/mol. The van der Waals surface area contributed by atoms with E-state index in [-0.39, 0.29) is 0 Å². The summed E-state index contributed by atoms with van der Waals surface area (Å²) in [6, 6.07) is 9.02. The van der Waals surface area contributed by atoms with Crippen molar-refractivity contribution in [1.82, 2.24) is 4.90 Å². The normalized spacial score (nSPS) is 20.3. The molecule has 3 aliphatic rings. The summed E-state index contributed by atoms with van der Waals surface area (Å²) in [5.74, 6) is 0.733. The minimum Gasteiger partial charge on any atom is -0.388 e. The number of rotatable bonds is 8. The number of benzene rings is 1. The first-order chi connectivity index (χ1) is 18.2. The van der Waals surface area contributed by atoms with Crippen LogP contribution in [-0.4, -0.2) is 50.1 Å². The van der Waals surface area contributed by atoms with Crippen LogP contribution in [0.2, 0.25) is 0 Å². The SMILES string of the molecule is CCC1=CN=CCC=C1.CNc1ccccc1CCCN1CCCC(N)CC1.O=CCC1CCCCC1. The maximum absolute atomic E-state index is 10.1. The third kappa shape index (κ3) is 13.8. The predicted molar refractivity (Wildman–Crippen MR) is 160 cm³/mol. The molecule has 0 aromatic heterocycles. The van der Waals surface area contributed by atoms with Crippen LogP contribution in [0.4, 0.5) is 5.69 Å². The van der Waals surface area contributed by atoms with Crippen molar-refractivity contribution in [2.45, 2.75) is 96.4 Å². The van der Waals surface area contributed by atoms with Gasteiger partial charge in [0.2, 0.25) is 0 Å². The van der Waals surface area contributed by atoms with Gasteiger partial charge in [-0.15, -0.1) is 0 Å². The Kier molecular flexibility index (Phi) is 16.6. The van der Waals surface area contributed by atoms with Gasteiger partial charge in [-0.2, -0.15) is 0 Å². The Morgan fingerprint density at radius 2 is 1.89 bits per heavy atom. The van der Waals surface area contributed by atoms with Gasteiger partial charge in [0, 0.05) is 44.0 Å². The van der Waals surface area contributed by atoms with Crippen LogP contribution in [0, 0.1) is 5.92 Å². The molecule has 3 N–H and O–H groups in total. The number of likely N-dealkylation sites (tertiary alicyclic amines) is 1. The van der Waals surface area contributed by atoms with Crippen LogP contribution in [0.25, 0.3) is 0 Å². The Morgan fingerprint density at radius 3 is 2.65 bits per heavy atom. The molecule has 2 aliphatic heterocycles. The van der Waals surface area contributed by atoms with Gasteiger partial charge in [0.05, 0.1) is 0 Å². The highest BCUT2D eigenvalue weighted by atomic mass is 16.1. The lowest BCUT2D eigenvalue weighted by atomic mass is 9.87. The van der Waals surface area contributed by atoms with E-state index in [1.54, 1.807) is 0 Å². The van der Waals surface area contributed by atoms with Gasteiger partial charge in [-0.1, -0.05) is 69.4 Å². The van der Waals surface area contributed by atoms with Crippen molar-refractivity contribution in [1.29, 1.82) is 0 Å². The molecule has 0 spiro atoms. The molecule has 0 radical (unpaired) electrons. The molecule has 1 aromatic rings. The second-order valence-corrected chi connectivity index (χ2v) is 10.5. The fourth-order valence-corrected chi connectivity index (χ4v) is 5.18. The molecule has 5 heteroatoms. The minimum atomic E-state index is 0.426. The summed E-state index contributed by atoms with van der Waals surface area (Å²) < 4.78 is 0. The number of aliphatic imine (C=N–C) groups is 1. The second-order valence-electron chi connectivity index (χ2n) is 10.5. The maximum atomic E-state index is 10.1. The molecule has 1 unspecified atom stereocenters. The number of hydrogen-bond donors (Lipinski definition) is 2. The average molecular weight is 509 g/mol. The lowest BCUT2D eigenvalue weighted by molar-refractivity contribution is -0.108. The molecular formula is C32H52N4O. The second kappa shape index (κ2) is 19.8. The molecule has 1 saturated heterocycles. The van der Waals surface area contributed by atoms with E-state index in [2.05, 4.69) is 58.6 Å². The highest BCUT2D eigenvalue weighted by molar-refractivity contribution is 5.61. The summed E-state index contributed by atoms with van der Waals surface area (Å²) in [6.45, 7) is 5.73. The van der Waals surface area contributed by atoms with Crippen molar-refractivity contribution in [3.63, 3.8) is 0 Å². The Bertz CT molecular complexity index is 826. The Morgan fingerprint density at radius 1 is 1.08 bits per heavy atom. The zero-order valence-corrected chi connectivity index (χ0v) is 23.5. The maximum Gasteiger partial charge on any atom is 0.120 e. The van der Waals surface area contributed by atoms with E-state index in [1.807, 2.05) is 19.5 Å². The van der Waals surface area contributed by atoms with Gasteiger partial charge in [-0.25, -0.2) is 0 Å². The van der Waals surface area contributed by atoms with E-state index in [0.29, 0.717) is 6.04 Å². The van der Waals surface area contributed by atoms with E-state index >= 15 is 0 Å². The van der Waals surface area contributed by atoms with Gasteiger partial charge in [0.1, 0.15) is 6.29 Å². The Balaban J connectivity index is 0.000000222. The molecule has 2 heterocycles. The minimum absolute atomic E-state index is 0.426. The number of nitrogens with two attached hydrogens (primary N) is 1. The van der Waals surface area contributed by atoms with Crippen molar-refractivity contribution < 1.29 is 4.79 Å². The number of aldehydes is 1. The highest BCUT2D eigenvalue weighted by Crippen LogP contribution is 2.25. The quantitative estimate of drug-likeness (QED) is 0.373. The van der Waals surface area contributed by atoms with E-state index in [1.165, 1.54) is 87.8 Å². The first-order valence-corrected chi connectivity index (χ1v) is 14.7. The summed E-state index contributed by atoms with van der Waals surface area (Å²) in [7, 11) is 2.00. The molecule has 5 nitrogen and oxygen atoms in total. The fraction of sp³-hybridized carbons (Fsp3) is 0.625. The number of aryl methyl sites for hydroxylation is 1. The molecule has 37 heavy (non-hydrogen) atoms. The summed E-state index contributed by atoms with van der Waals surface area (Å²) >= 11 is 0. The molecule has 4 rings (SSSR count). The van der Waals surface area contributed by atoms with Crippen molar-refractivity contribution >= 4 is 18.2 Å². The summed E-state index contributed by atoms with van der Waals surface area (Å²) in [5, 5.41) is 3.27. The van der Waals surface area contributed by atoms with Gasteiger partial charge < -0.3 is 20.7 Å². The summed E-state index contributed by atoms with van der Waals surface area (Å²) in [4.78, 5) is 16.7. The third-order valence-corrected chi connectivity index (χ3v) is 7.55. The first-order valence-electron chi connectivity index (χ1n) is 14.7. The van der Waals surface area contributed by atoms with Gasteiger partial charge in [0.25, 0.3) is 0 Å². The topological polar surface area (TPSA) is 70.7 Å². The van der Waals surface area contributed by atoms with E-state index in [0.717, 1.165) is 44.3 Å². The van der Waals surface area contributed by atoms with Gasteiger partial charge in [-0.3, -0.25) is 4.99 Å². The zero-order chi connectivity index (χ0) is 26.6. The Hall–Kier alpha value is -2.24. The molecular weight excluding hydrogens is 456 g/mol. The zero-order valence-electron chi connectivity index (χ0n) is 23.5. The van der Waals surface area contributed by atoms with Gasteiger partial charge in [-0.05, 0) is 81.3 Å². The fourth-order valence-electron chi connectivity index (χ4n) is 5.18. The average Bonchev–Trinajstić information content (AvgIpc) is 3.33. The molecule has 1 saturated carbocycles. The molecule has 2 fully saturated rings. The number of nitrogens with one attached hydrogen (secondary N) is 1. The number of allylic oxidation sites excluding steroid dienone is 3. The van der Waals surface area contributed by atoms with Crippen molar-refractivity contribution in [2.24, 2.45) is 16.6 Å². The van der Waals surface area contributed by atoms with E-state index < -0.39 is 0 Å². The van der Waals surface area contributed by atoms with Crippen LogP contribution < -0.4 is 11.1 Å². The van der Waals surface area contributed by atoms with Crippen LogP contribution in [0.5, 0.6) is 0 Å². The molecule has 1 aromatic carbocycles. The number of carbonyl (C=O) groups is 1. The number of para-hydroxylation sites is 1. The first kappa shape index (κ1) is 31.0. The molecule has 1 atom stereocenters. The standard InChI is InChI=1S/C16H27N3.C8H11N.C8H14O/c1-18-16-9-3-2-6-14(16)7-4-11-19-12-5-8-15(17)10-13-19;1-2-8-5-3-4-6-9-7-8;9-7-6-8-4-2-1-3-5-8/h2-3,6,9,15,18H,4-5,7-8,10-13,17H2,1H3;3,5-7H,2,4H2,1H3;7-8H,1-6H2. The summed E-state index contributed by atoms with van der Waals surface area (Å²) in [5.41, 5.74) is 10.0. The molecule has 206 valence electrons. The largest absolute Gasteiger partial charge is 0.388 e. The van der Waals surface area contributed by atoms with Crippen molar-refractivity contribution in [3.05, 3.63) is 53.8 Å². The van der Waals surface area contributed by atoms with Crippen LogP contribution in [0.15, 0.2) is 53.2 Å². The van der Waals surface area contributed by atoms with Crippen molar-refractivity contribution in [3.8, 4) is 0 Å². The van der Waals surface area contributed by atoms with Crippen LogP contribution in [0.3, 0.4) is 0 Å². The van der Waals surface area contributed by atoms with Gasteiger partial charge >= 0.3 is 0 Å². The van der Waals surface area contributed by atoms with Gasteiger partial charge in [0.15, 0.2) is 0 Å². The van der Waals surface area contributed by atoms with E-state index in [4.69, 9.17) is 5.73 Å².